The SMILES string of the molecule is CCNc1ncnc(Nc2cccc(Br)c2)c1C(C)C. The summed E-state index contributed by atoms with van der Waals surface area (Å²) in [4.78, 5) is 8.73. The van der Waals surface area contributed by atoms with Gasteiger partial charge in [-0.25, -0.2) is 9.97 Å². The van der Waals surface area contributed by atoms with Crippen LogP contribution >= 0.6 is 15.9 Å². The van der Waals surface area contributed by atoms with Crippen molar-refractivity contribution in [3.63, 3.8) is 0 Å². The summed E-state index contributed by atoms with van der Waals surface area (Å²) >= 11 is 3.48. The molecule has 0 saturated carbocycles. The maximum Gasteiger partial charge on any atom is 0.139 e. The van der Waals surface area contributed by atoms with E-state index in [1.165, 1.54) is 0 Å². The monoisotopic (exact) mass is 334 g/mol. The van der Waals surface area contributed by atoms with E-state index in [-0.39, 0.29) is 0 Å². The first-order valence-corrected chi connectivity index (χ1v) is 7.52. The molecule has 2 rings (SSSR count). The number of aromatic nitrogens is 2. The third-order valence-electron chi connectivity index (χ3n) is 2.89. The molecule has 5 heteroatoms. The largest absolute Gasteiger partial charge is 0.370 e. The Morgan fingerprint density at radius 1 is 1.20 bits per heavy atom. The Morgan fingerprint density at radius 3 is 2.60 bits per heavy atom. The van der Waals surface area contributed by atoms with Gasteiger partial charge in [-0.1, -0.05) is 35.8 Å². The standard InChI is InChI=1S/C15H19BrN4/c1-4-17-14-13(10(2)3)15(19-9-18-14)20-12-7-5-6-11(16)8-12/h5-10H,4H2,1-3H3,(H2,17,18,19,20). The number of nitrogens with one attached hydrogen (secondary N) is 2. The Balaban J connectivity index is 2.38. The van der Waals surface area contributed by atoms with Crippen molar-refractivity contribution in [3.05, 3.63) is 40.6 Å². The first kappa shape index (κ1) is 14.8. The van der Waals surface area contributed by atoms with E-state index in [0.29, 0.717) is 5.92 Å². The minimum Gasteiger partial charge on any atom is -0.370 e. The maximum atomic E-state index is 4.39. The summed E-state index contributed by atoms with van der Waals surface area (Å²) in [6.07, 6.45) is 1.59. The molecule has 0 aliphatic carbocycles. The van der Waals surface area contributed by atoms with Gasteiger partial charge in [0, 0.05) is 22.3 Å². The summed E-state index contributed by atoms with van der Waals surface area (Å²) in [5.41, 5.74) is 2.11. The van der Waals surface area contributed by atoms with Gasteiger partial charge in [0.05, 0.1) is 0 Å². The van der Waals surface area contributed by atoms with Crippen LogP contribution in [0.1, 0.15) is 32.3 Å². The Labute approximate surface area is 128 Å². The van der Waals surface area contributed by atoms with Crippen LogP contribution in [0.2, 0.25) is 0 Å². The fourth-order valence-corrected chi connectivity index (χ4v) is 2.45. The first-order chi connectivity index (χ1) is 9.61. The normalized spacial score (nSPS) is 10.7. The van der Waals surface area contributed by atoms with E-state index in [9.17, 15) is 0 Å². The number of anilines is 3. The van der Waals surface area contributed by atoms with E-state index in [1.807, 2.05) is 24.3 Å². The van der Waals surface area contributed by atoms with Crippen LogP contribution in [0.25, 0.3) is 0 Å². The molecule has 2 N–H and O–H groups in total. The molecule has 1 aromatic carbocycles. The summed E-state index contributed by atoms with van der Waals surface area (Å²) in [5, 5.41) is 6.67. The summed E-state index contributed by atoms with van der Waals surface area (Å²) < 4.78 is 1.04. The number of hydrogen-bond donors (Lipinski definition) is 2. The zero-order chi connectivity index (χ0) is 14.5. The molecule has 20 heavy (non-hydrogen) atoms. The molecule has 0 atom stereocenters. The van der Waals surface area contributed by atoms with Crippen LogP contribution in [0.3, 0.4) is 0 Å². The molecular formula is C15H19BrN4. The number of rotatable bonds is 5. The zero-order valence-electron chi connectivity index (χ0n) is 11.9. The van der Waals surface area contributed by atoms with E-state index in [2.05, 4.69) is 57.3 Å². The van der Waals surface area contributed by atoms with E-state index in [0.717, 1.165) is 33.9 Å². The van der Waals surface area contributed by atoms with Crippen LogP contribution in [0.4, 0.5) is 17.3 Å². The van der Waals surface area contributed by atoms with Gasteiger partial charge in [-0.15, -0.1) is 0 Å². The highest BCUT2D eigenvalue weighted by atomic mass is 79.9. The molecule has 0 radical (unpaired) electrons. The number of benzene rings is 1. The molecule has 2 aromatic rings. The van der Waals surface area contributed by atoms with Gasteiger partial charge in [-0.05, 0) is 31.0 Å². The smallest absolute Gasteiger partial charge is 0.139 e. The van der Waals surface area contributed by atoms with Gasteiger partial charge in [-0.2, -0.15) is 0 Å². The van der Waals surface area contributed by atoms with Gasteiger partial charge in [0.25, 0.3) is 0 Å². The van der Waals surface area contributed by atoms with Gasteiger partial charge in [0.15, 0.2) is 0 Å². The van der Waals surface area contributed by atoms with E-state index in [4.69, 9.17) is 0 Å². The van der Waals surface area contributed by atoms with Crippen LogP contribution in [-0.4, -0.2) is 16.5 Å². The average molecular weight is 335 g/mol. The van der Waals surface area contributed by atoms with Crippen LogP contribution in [0.15, 0.2) is 35.1 Å². The van der Waals surface area contributed by atoms with Crippen LogP contribution in [-0.2, 0) is 0 Å². The molecule has 0 bridgehead atoms. The molecule has 4 nitrogen and oxygen atoms in total. The fourth-order valence-electron chi connectivity index (χ4n) is 2.05. The lowest BCUT2D eigenvalue weighted by atomic mass is 10.0. The molecule has 106 valence electrons. The summed E-state index contributed by atoms with van der Waals surface area (Å²) in [6.45, 7) is 7.19. The van der Waals surface area contributed by atoms with Crippen molar-refractivity contribution < 1.29 is 0 Å². The molecular weight excluding hydrogens is 316 g/mol. The fraction of sp³-hybridized carbons (Fsp3) is 0.333. The number of halogens is 1. The molecule has 0 spiro atoms. The molecule has 0 saturated heterocycles. The van der Waals surface area contributed by atoms with Gasteiger partial charge >= 0.3 is 0 Å². The predicted octanol–water partition coefficient (Wildman–Crippen LogP) is 4.54. The Morgan fingerprint density at radius 2 is 1.95 bits per heavy atom. The first-order valence-electron chi connectivity index (χ1n) is 6.73. The zero-order valence-corrected chi connectivity index (χ0v) is 13.5. The third-order valence-corrected chi connectivity index (χ3v) is 3.39. The van der Waals surface area contributed by atoms with Crippen molar-refractivity contribution in [2.24, 2.45) is 0 Å². The Hall–Kier alpha value is -1.62. The van der Waals surface area contributed by atoms with Gasteiger partial charge in [-0.3, -0.25) is 0 Å². The molecule has 0 aliphatic heterocycles. The van der Waals surface area contributed by atoms with Crippen LogP contribution < -0.4 is 10.6 Å². The van der Waals surface area contributed by atoms with E-state index >= 15 is 0 Å². The summed E-state index contributed by atoms with van der Waals surface area (Å²) in [5.74, 6) is 2.08. The molecule has 0 amide bonds. The molecule has 0 aliphatic rings. The van der Waals surface area contributed by atoms with Crippen molar-refractivity contribution in [3.8, 4) is 0 Å². The molecule has 1 heterocycles. The van der Waals surface area contributed by atoms with Crippen molar-refractivity contribution >= 4 is 33.3 Å². The second-order valence-corrected chi connectivity index (χ2v) is 5.72. The highest BCUT2D eigenvalue weighted by molar-refractivity contribution is 9.10. The maximum absolute atomic E-state index is 4.39. The van der Waals surface area contributed by atoms with Crippen molar-refractivity contribution in [2.75, 3.05) is 17.2 Å². The average Bonchev–Trinajstić information content (AvgIpc) is 2.39. The quantitative estimate of drug-likeness (QED) is 0.842. The van der Waals surface area contributed by atoms with Gasteiger partial charge in [0.2, 0.25) is 0 Å². The minimum absolute atomic E-state index is 0.333. The predicted molar refractivity (Wildman–Crippen MR) is 87.7 cm³/mol. The van der Waals surface area contributed by atoms with Gasteiger partial charge < -0.3 is 10.6 Å². The van der Waals surface area contributed by atoms with Crippen molar-refractivity contribution in [2.45, 2.75) is 26.7 Å². The van der Waals surface area contributed by atoms with Crippen LogP contribution in [0, 0.1) is 0 Å². The van der Waals surface area contributed by atoms with Crippen molar-refractivity contribution in [1.82, 2.24) is 9.97 Å². The van der Waals surface area contributed by atoms with Crippen LogP contribution in [0.5, 0.6) is 0 Å². The number of hydrogen-bond acceptors (Lipinski definition) is 4. The summed E-state index contributed by atoms with van der Waals surface area (Å²) in [7, 11) is 0. The Kier molecular flexibility index (Phi) is 4.95. The summed E-state index contributed by atoms with van der Waals surface area (Å²) in [6, 6.07) is 8.04. The minimum atomic E-state index is 0.333. The number of nitrogens with zero attached hydrogens (tertiary/aromatic N) is 2. The highest BCUT2D eigenvalue weighted by Gasteiger charge is 2.14. The third kappa shape index (κ3) is 3.48. The lowest BCUT2D eigenvalue weighted by Crippen LogP contribution is -2.09. The van der Waals surface area contributed by atoms with E-state index < -0.39 is 0 Å². The van der Waals surface area contributed by atoms with Gasteiger partial charge in [0.1, 0.15) is 18.0 Å². The van der Waals surface area contributed by atoms with E-state index in [1.54, 1.807) is 6.33 Å². The molecule has 1 aromatic heterocycles. The highest BCUT2D eigenvalue weighted by Crippen LogP contribution is 2.30. The van der Waals surface area contributed by atoms with Crippen molar-refractivity contribution in [1.29, 1.82) is 0 Å². The molecule has 0 fully saturated rings. The Bertz CT molecular complexity index is 584. The second-order valence-electron chi connectivity index (χ2n) is 4.80. The lowest BCUT2D eigenvalue weighted by molar-refractivity contribution is 0.849. The second kappa shape index (κ2) is 6.70. The molecule has 0 unspecified atom stereocenters. The lowest BCUT2D eigenvalue weighted by Gasteiger charge is -2.17. The topological polar surface area (TPSA) is 49.8 Å².